The maximum Gasteiger partial charge on any atom is 0.251 e. The molecule has 28 heavy (non-hydrogen) atoms. The van der Waals surface area contributed by atoms with Gasteiger partial charge in [-0.25, -0.2) is 8.42 Å². The molecule has 1 aliphatic rings. The van der Waals surface area contributed by atoms with E-state index in [1.165, 1.54) is 0 Å². The molecule has 6 heteroatoms. The summed E-state index contributed by atoms with van der Waals surface area (Å²) in [5, 5.41) is 2.95. The van der Waals surface area contributed by atoms with Gasteiger partial charge in [0.1, 0.15) is 0 Å². The van der Waals surface area contributed by atoms with Crippen LogP contribution in [0.2, 0.25) is 0 Å². The quantitative estimate of drug-likeness (QED) is 0.766. The van der Waals surface area contributed by atoms with Crippen LogP contribution in [0.15, 0.2) is 53.4 Å². The van der Waals surface area contributed by atoms with Crippen molar-refractivity contribution < 1.29 is 13.2 Å². The summed E-state index contributed by atoms with van der Waals surface area (Å²) < 4.78 is 26.8. The van der Waals surface area contributed by atoms with Gasteiger partial charge in [0.05, 0.1) is 4.90 Å². The second-order valence-electron chi connectivity index (χ2n) is 7.65. The van der Waals surface area contributed by atoms with E-state index in [9.17, 15) is 13.2 Å². The summed E-state index contributed by atoms with van der Waals surface area (Å²) in [5.74, 6) is 0.456. The van der Waals surface area contributed by atoms with Crippen molar-refractivity contribution in [1.29, 1.82) is 0 Å². The number of amides is 1. The second-order valence-corrected chi connectivity index (χ2v) is 9.59. The number of nitrogens with zero attached hydrogens (tertiary/aromatic N) is 1. The van der Waals surface area contributed by atoms with Gasteiger partial charge in [0, 0.05) is 25.2 Å². The van der Waals surface area contributed by atoms with Crippen LogP contribution in [0, 0.1) is 5.92 Å². The number of nitrogens with one attached hydrogen (secondary N) is 1. The standard InChI is InChI=1S/C22H28N2O3S/c1-17(2)12-13-23-22(25)20-7-5-6-19(16-20)18-8-10-21(11-9-18)28(26,27)24-14-3-4-15-24/h5-11,16-17H,3-4,12-15H2,1-2H3,(H,23,25). The normalized spacial score (nSPS) is 15.1. The van der Waals surface area contributed by atoms with E-state index in [0.717, 1.165) is 30.4 Å². The Morgan fingerprint density at radius 1 is 1.04 bits per heavy atom. The van der Waals surface area contributed by atoms with Crippen molar-refractivity contribution in [3.63, 3.8) is 0 Å². The third kappa shape index (κ3) is 4.80. The van der Waals surface area contributed by atoms with Crippen molar-refractivity contribution in [2.24, 2.45) is 5.92 Å². The fourth-order valence-electron chi connectivity index (χ4n) is 3.31. The zero-order chi connectivity index (χ0) is 20.1. The Balaban J connectivity index is 1.74. The van der Waals surface area contributed by atoms with Crippen molar-refractivity contribution >= 4 is 15.9 Å². The predicted molar refractivity (Wildman–Crippen MR) is 112 cm³/mol. The van der Waals surface area contributed by atoms with Crippen LogP contribution in [0.5, 0.6) is 0 Å². The molecule has 2 aromatic carbocycles. The summed E-state index contributed by atoms with van der Waals surface area (Å²) in [4.78, 5) is 12.7. The van der Waals surface area contributed by atoms with Gasteiger partial charge in [0.25, 0.3) is 5.91 Å². The lowest BCUT2D eigenvalue weighted by Gasteiger charge is -2.15. The Morgan fingerprint density at radius 2 is 1.71 bits per heavy atom. The first-order chi connectivity index (χ1) is 13.4. The van der Waals surface area contributed by atoms with Gasteiger partial charge in [-0.15, -0.1) is 0 Å². The van der Waals surface area contributed by atoms with Crippen LogP contribution in [-0.2, 0) is 10.0 Å². The summed E-state index contributed by atoms with van der Waals surface area (Å²) in [6, 6.07) is 14.3. The fraction of sp³-hybridized carbons (Fsp3) is 0.409. The number of carbonyl (C=O) groups is 1. The minimum absolute atomic E-state index is 0.0873. The lowest BCUT2D eigenvalue weighted by molar-refractivity contribution is 0.0952. The van der Waals surface area contributed by atoms with Crippen molar-refractivity contribution in [3.05, 3.63) is 54.1 Å². The van der Waals surface area contributed by atoms with Gasteiger partial charge in [0.2, 0.25) is 10.0 Å². The van der Waals surface area contributed by atoms with Gasteiger partial charge < -0.3 is 5.32 Å². The Kier molecular flexibility index (Phi) is 6.52. The number of carbonyl (C=O) groups excluding carboxylic acids is 1. The van der Waals surface area contributed by atoms with Crippen LogP contribution >= 0.6 is 0 Å². The highest BCUT2D eigenvalue weighted by atomic mass is 32.2. The molecule has 0 saturated carbocycles. The SMILES string of the molecule is CC(C)CCNC(=O)c1cccc(-c2ccc(S(=O)(=O)N3CCCC3)cc2)c1. The number of sulfonamides is 1. The molecule has 0 bridgehead atoms. The minimum atomic E-state index is -3.41. The molecule has 0 atom stereocenters. The lowest BCUT2D eigenvalue weighted by atomic mass is 10.0. The molecule has 1 saturated heterocycles. The Labute approximate surface area is 167 Å². The molecule has 5 nitrogen and oxygen atoms in total. The van der Waals surface area contributed by atoms with E-state index in [1.807, 2.05) is 18.2 Å². The Hall–Kier alpha value is -2.18. The minimum Gasteiger partial charge on any atom is -0.352 e. The van der Waals surface area contributed by atoms with E-state index >= 15 is 0 Å². The molecule has 1 fully saturated rings. The molecule has 1 amide bonds. The van der Waals surface area contributed by atoms with E-state index in [-0.39, 0.29) is 5.91 Å². The first-order valence-electron chi connectivity index (χ1n) is 9.87. The van der Waals surface area contributed by atoms with E-state index < -0.39 is 10.0 Å². The molecular formula is C22H28N2O3S. The predicted octanol–water partition coefficient (Wildman–Crippen LogP) is 3.91. The summed E-state index contributed by atoms with van der Waals surface area (Å²) in [5.41, 5.74) is 2.38. The third-order valence-corrected chi connectivity index (χ3v) is 6.94. The maximum atomic E-state index is 12.6. The molecule has 1 heterocycles. The zero-order valence-corrected chi connectivity index (χ0v) is 17.3. The number of hydrogen-bond donors (Lipinski definition) is 1. The molecule has 0 spiro atoms. The van der Waals surface area contributed by atoms with Crippen molar-refractivity contribution in [2.45, 2.75) is 38.0 Å². The van der Waals surface area contributed by atoms with Crippen molar-refractivity contribution in [2.75, 3.05) is 19.6 Å². The van der Waals surface area contributed by atoms with Gasteiger partial charge in [-0.1, -0.05) is 38.1 Å². The van der Waals surface area contributed by atoms with Crippen LogP contribution in [0.1, 0.15) is 43.5 Å². The second kappa shape index (κ2) is 8.88. The molecule has 0 aliphatic carbocycles. The first-order valence-corrected chi connectivity index (χ1v) is 11.3. The molecule has 0 aromatic heterocycles. The van der Waals surface area contributed by atoms with Crippen LogP contribution in [0.4, 0.5) is 0 Å². The summed E-state index contributed by atoms with van der Waals surface area (Å²) in [7, 11) is -3.41. The van der Waals surface area contributed by atoms with Gasteiger partial charge in [-0.05, 0) is 60.6 Å². The highest BCUT2D eigenvalue weighted by Crippen LogP contribution is 2.25. The molecule has 1 N–H and O–H groups in total. The molecule has 3 rings (SSSR count). The fourth-order valence-corrected chi connectivity index (χ4v) is 4.83. The van der Waals surface area contributed by atoms with Gasteiger partial charge >= 0.3 is 0 Å². The molecule has 2 aromatic rings. The zero-order valence-electron chi connectivity index (χ0n) is 16.5. The Bertz CT molecular complexity index is 915. The summed E-state index contributed by atoms with van der Waals surface area (Å²) in [6.45, 7) is 6.10. The average Bonchev–Trinajstić information content (AvgIpc) is 3.23. The van der Waals surface area contributed by atoms with Gasteiger partial charge in [-0.2, -0.15) is 4.31 Å². The van der Waals surface area contributed by atoms with Crippen LogP contribution in [0.25, 0.3) is 11.1 Å². The largest absolute Gasteiger partial charge is 0.352 e. The molecule has 0 radical (unpaired) electrons. The molecule has 1 aliphatic heterocycles. The Morgan fingerprint density at radius 3 is 2.36 bits per heavy atom. The van der Waals surface area contributed by atoms with Crippen LogP contribution in [0.3, 0.4) is 0 Å². The molecule has 0 unspecified atom stereocenters. The third-order valence-electron chi connectivity index (χ3n) is 5.02. The maximum absolute atomic E-state index is 12.6. The summed E-state index contributed by atoms with van der Waals surface area (Å²) >= 11 is 0. The van der Waals surface area contributed by atoms with E-state index in [0.29, 0.717) is 36.0 Å². The van der Waals surface area contributed by atoms with Crippen LogP contribution in [-0.4, -0.2) is 38.3 Å². The van der Waals surface area contributed by atoms with Gasteiger partial charge in [0.15, 0.2) is 0 Å². The monoisotopic (exact) mass is 400 g/mol. The number of rotatable bonds is 7. The first kappa shape index (κ1) is 20.6. The van der Waals surface area contributed by atoms with Crippen molar-refractivity contribution in [3.8, 4) is 11.1 Å². The molecular weight excluding hydrogens is 372 g/mol. The highest BCUT2D eigenvalue weighted by Gasteiger charge is 2.26. The van der Waals surface area contributed by atoms with Gasteiger partial charge in [-0.3, -0.25) is 4.79 Å². The van der Waals surface area contributed by atoms with E-state index in [1.54, 1.807) is 34.6 Å². The molecule has 150 valence electrons. The highest BCUT2D eigenvalue weighted by molar-refractivity contribution is 7.89. The summed E-state index contributed by atoms with van der Waals surface area (Å²) in [6.07, 6.45) is 2.78. The smallest absolute Gasteiger partial charge is 0.251 e. The van der Waals surface area contributed by atoms with Crippen molar-refractivity contribution in [1.82, 2.24) is 9.62 Å². The van der Waals surface area contributed by atoms with Crippen LogP contribution < -0.4 is 5.32 Å². The van der Waals surface area contributed by atoms with E-state index in [2.05, 4.69) is 19.2 Å². The van der Waals surface area contributed by atoms with E-state index in [4.69, 9.17) is 0 Å². The average molecular weight is 401 g/mol. The topological polar surface area (TPSA) is 66.5 Å². The number of hydrogen-bond acceptors (Lipinski definition) is 3. The number of benzene rings is 2. The lowest BCUT2D eigenvalue weighted by Crippen LogP contribution is -2.27.